The fraction of sp³-hybridized carbons (Fsp3) is 0.375. The second-order valence-electron chi connectivity index (χ2n) is 5.61. The van der Waals surface area contributed by atoms with Crippen LogP contribution in [0.25, 0.3) is 11.0 Å². The van der Waals surface area contributed by atoms with Gasteiger partial charge < -0.3 is 15.0 Å². The van der Waals surface area contributed by atoms with Gasteiger partial charge in [0.25, 0.3) is 0 Å². The number of rotatable bonds is 2. The van der Waals surface area contributed by atoms with Crippen molar-refractivity contribution in [2.24, 2.45) is 0 Å². The number of ether oxygens (including phenoxy) is 1. The SMILES string of the molecule is CC(C)(C)OC(=O)NCCC#Cc1cnc2cc[nH]c2c1. The summed E-state index contributed by atoms with van der Waals surface area (Å²) in [6, 6.07) is 3.87. The van der Waals surface area contributed by atoms with Crippen LogP contribution >= 0.6 is 0 Å². The molecule has 5 heteroatoms. The summed E-state index contributed by atoms with van der Waals surface area (Å²) in [6.07, 6.45) is 3.73. The van der Waals surface area contributed by atoms with E-state index in [9.17, 15) is 4.79 Å². The smallest absolute Gasteiger partial charge is 0.407 e. The van der Waals surface area contributed by atoms with Crippen LogP contribution in [0.5, 0.6) is 0 Å². The van der Waals surface area contributed by atoms with Gasteiger partial charge >= 0.3 is 6.09 Å². The first-order valence-corrected chi connectivity index (χ1v) is 6.83. The predicted octanol–water partition coefficient (Wildman–Crippen LogP) is 2.83. The van der Waals surface area contributed by atoms with Gasteiger partial charge in [-0.3, -0.25) is 4.98 Å². The van der Waals surface area contributed by atoms with E-state index in [-0.39, 0.29) is 0 Å². The Morgan fingerprint density at radius 3 is 3.05 bits per heavy atom. The molecule has 0 radical (unpaired) electrons. The van der Waals surface area contributed by atoms with Crippen LogP contribution in [0.2, 0.25) is 0 Å². The van der Waals surface area contributed by atoms with Crippen molar-refractivity contribution in [1.29, 1.82) is 0 Å². The first-order valence-electron chi connectivity index (χ1n) is 6.83. The summed E-state index contributed by atoms with van der Waals surface area (Å²) in [5.74, 6) is 6.03. The first kappa shape index (κ1) is 14.9. The number of hydrogen-bond donors (Lipinski definition) is 2. The number of hydrogen-bond acceptors (Lipinski definition) is 3. The molecule has 0 unspecified atom stereocenters. The molecule has 0 bridgehead atoms. The van der Waals surface area contributed by atoms with Crippen LogP contribution in [0.3, 0.4) is 0 Å². The summed E-state index contributed by atoms with van der Waals surface area (Å²) >= 11 is 0. The first-order chi connectivity index (χ1) is 9.94. The Labute approximate surface area is 124 Å². The number of fused-ring (bicyclic) bond motifs is 1. The van der Waals surface area contributed by atoms with Crippen LogP contribution < -0.4 is 5.32 Å². The normalized spacial score (nSPS) is 10.8. The van der Waals surface area contributed by atoms with Gasteiger partial charge in [0.15, 0.2) is 0 Å². The van der Waals surface area contributed by atoms with Gasteiger partial charge in [0.1, 0.15) is 5.60 Å². The highest BCUT2D eigenvalue weighted by atomic mass is 16.6. The Morgan fingerprint density at radius 1 is 1.48 bits per heavy atom. The lowest BCUT2D eigenvalue weighted by molar-refractivity contribution is 0.0529. The molecule has 2 N–H and O–H groups in total. The average molecular weight is 285 g/mol. The van der Waals surface area contributed by atoms with Crippen molar-refractivity contribution in [1.82, 2.24) is 15.3 Å². The quantitative estimate of drug-likeness (QED) is 0.658. The number of aromatic amines is 1. The molecule has 0 aliphatic heterocycles. The average Bonchev–Trinajstić information content (AvgIpc) is 2.83. The molecule has 2 aromatic rings. The van der Waals surface area contributed by atoms with Crippen LogP contribution in [-0.4, -0.2) is 28.2 Å². The number of nitrogens with zero attached hydrogens (tertiary/aromatic N) is 1. The third-order valence-electron chi connectivity index (χ3n) is 2.55. The lowest BCUT2D eigenvalue weighted by Crippen LogP contribution is -2.32. The van der Waals surface area contributed by atoms with Crippen LogP contribution in [0, 0.1) is 11.8 Å². The van der Waals surface area contributed by atoms with Crippen molar-refractivity contribution < 1.29 is 9.53 Å². The zero-order valence-corrected chi connectivity index (χ0v) is 12.5. The summed E-state index contributed by atoms with van der Waals surface area (Å²) in [7, 11) is 0. The number of alkyl carbamates (subject to hydrolysis) is 1. The highest BCUT2D eigenvalue weighted by Crippen LogP contribution is 2.10. The Morgan fingerprint density at radius 2 is 2.29 bits per heavy atom. The topological polar surface area (TPSA) is 67.0 Å². The predicted molar refractivity (Wildman–Crippen MR) is 81.8 cm³/mol. The third kappa shape index (κ3) is 4.84. The van der Waals surface area contributed by atoms with Gasteiger partial charge in [0.05, 0.1) is 11.0 Å². The maximum atomic E-state index is 11.4. The highest BCUT2D eigenvalue weighted by molar-refractivity contribution is 5.75. The van der Waals surface area contributed by atoms with Gasteiger partial charge in [-0.2, -0.15) is 0 Å². The molecule has 0 saturated heterocycles. The molecule has 21 heavy (non-hydrogen) atoms. The van der Waals surface area contributed by atoms with Crippen molar-refractivity contribution in [3.8, 4) is 11.8 Å². The molecule has 0 aliphatic carbocycles. The van der Waals surface area contributed by atoms with Crippen molar-refractivity contribution in [3.05, 3.63) is 30.1 Å². The molecule has 110 valence electrons. The van der Waals surface area contributed by atoms with Gasteiger partial charge in [-0.15, -0.1) is 0 Å². The number of amides is 1. The Balaban J connectivity index is 1.80. The summed E-state index contributed by atoms with van der Waals surface area (Å²) < 4.78 is 5.13. The van der Waals surface area contributed by atoms with E-state index in [4.69, 9.17) is 4.74 Å². The lowest BCUT2D eigenvalue weighted by Gasteiger charge is -2.19. The number of nitrogens with one attached hydrogen (secondary N) is 2. The van der Waals surface area contributed by atoms with Crippen molar-refractivity contribution >= 4 is 17.1 Å². The van der Waals surface area contributed by atoms with E-state index in [0.29, 0.717) is 13.0 Å². The summed E-state index contributed by atoms with van der Waals surface area (Å²) in [4.78, 5) is 18.8. The zero-order valence-electron chi connectivity index (χ0n) is 12.5. The molecule has 2 aromatic heterocycles. The number of aromatic nitrogens is 2. The summed E-state index contributed by atoms with van der Waals surface area (Å²) in [6.45, 7) is 5.95. The van der Waals surface area contributed by atoms with Gasteiger partial charge in [-0.1, -0.05) is 11.8 Å². The standard InChI is InChI=1S/C16H19N3O2/c1-16(2,3)21-15(20)18-8-5-4-6-12-10-14-13(19-11-12)7-9-17-14/h7,9-11,17H,5,8H2,1-3H3,(H,18,20). The maximum absolute atomic E-state index is 11.4. The molecule has 2 heterocycles. The molecule has 0 spiro atoms. The van der Waals surface area contributed by atoms with Crippen LogP contribution in [0.1, 0.15) is 32.8 Å². The molecule has 5 nitrogen and oxygen atoms in total. The van der Waals surface area contributed by atoms with E-state index in [2.05, 4.69) is 27.1 Å². The fourth-order valence-electron chi connectivity index (χ4n) is 1.71. The van der Waals surface area contributed by atoms with E-state index in [0.717, 1.165) is 16.6 Å². The van der Waals surface area contributed by atoms with Crippen molar-refractivity contribution in [2.75, 3.05) is 6.54 Å². The van der Waals surface area contributed by atoms with E-state index in [1.54, 1.807) is 6.20 Å². The molecule has 0 atom stereocenters. The van der Waals surface area contributed by atoms with Crippen LogP contribution in [0.15, 0.2) is 24.5 Å². The van der Waals surface area contributed by atoms with E-state index >= 15 is 0 Å². The zero-order chi connectivity index (χ0) is 15.3. The molecular formula is C16H19N3O2. The Hall–Kier alpha value is -2.48. The number of carbonyl (C=O) groups is 1. The molecule has 2 rings (SSSR count). The van der Waals surface area contributed by atoms with Gasteiger partial charge in [-0.25, -0.2) is 4.79 Å². The maximum Gasteiger partial charge on any atom is 0.407 e. The molecule has 0 fully saturated rings. The Bertz CT molecular complexity index is 687. The van der Waals surface area contributed by atoms with Gasteiger partial charge in [0.2, 0.25) is 0 Å². The number of H-pyrrole nitrogens is 1. The molecule has 0 saturated carbocycles. The number of pyridine rings is 1. The van der Waals surface area contributed by atoms with Gasteiger partial charge in [0, 0.05) is 30.9 Å². The van der Waals surface area contributed by atoms with Crippen molar-refractivity contribution in [3.63, 3.8) is 0 Å². The van der Waals surface area contributed by atoms with Crippen LogP contribution in [0.4, 0.5) is 4.79 Å². The monoisotopic (exact) mass is 285 g/mol. The van der Waals surface area contributed by atoms with E-state index in [1.807, 2.05) is 39.1 Å². The molecule has 1 amide bonds. The molecule has 0 aromatic carbocycles. The van der Waals surface area contributed by atoms with Crippen molar-refractivity contribution in [2.45, 2.75) is 32.8 Å². The number of carbonyl (C=O) groups excluding carboxylic acids is 1. The second-order valence-corrected chi connectivity index (χ2v) is 5.61. The minimum atomic E-state index is -0.479. The second kappa shape index (κ2) is 6.31. The minimum absolute atomic E-state index is 0.418. The lowest BCUT2D eigenvalue weighted by atomic mass is 10.2. The largest absolute Gasteiger partial charge is 0.444 e. The van der Waals surface area contributed by atoms with Gasteiger partial charge in [-0.05, 0) is 32.9 Å². The van der Waals surface area contributed by atoms with E-state index < -0.39 is 11.7 Å². The third-order valence-corrected chi connectivity index (χ3v) is 2.55. The fourth-order valence-corrected chi connectivity index (χ4v) is 1.71. The van der Waals surface area contributed by atoms with Crippen LogP contribution in [-0.2, 0) is 4.74 Å². The van der Waals surface area contributed by atoms with E-state index in [1.165, 1.54) is 0 Å². The highest BCUT2D eigenvalue weighted by Gasteiger charge is 2.15. The molecule has 0 aliphatic rings. The summed E-state index contributed by atoms with van der Waals surface area (Å²) in [5, 5.41) is 2.67. The summed E-state index contributed by atoms with van der Waals surface area (Å²) in [5.41, 5.74) is 2.26. The Kier molecular flexibility index (Phi) is 4.49. The minimum Gasteiger partial charge on any atom is -0.444 e. The molecular weight excluding hydrogens is 266 g/mol.